The fourth-order valence-electron chi connectivity index (χ4n) is 8.37. The third kappa shape index (κ3) is 6.03. The van der Waals surface area contributed by atoms with Crippen molar-refractivity contribution < 1.29 is 13.2 Å². The van der Waals surface area contributed by atoms with Crippen LogP contribution in [0, 0.1) is 0 Å². The summed E-state index contributed by atoms with van der Waals surface area (Å²) in [6, 6.07) is 60.5. The van der Waals surface area contributed by atoms with E-state index in [1.165, 1.54) is 26.2 Å². The van der Waals surface area contributed by atoms with Gasteiger partial charge in [-0.15, -0.1) is 11.3 Å². The molecule has 8 aromatic carbocycles. The molecule has 0 atom stereocenters. The van der Waals surface area contributed by atoms with E-state index >= 15 is 0 Å². The maximum atomic E-state index is 14.7. The highest BCUT2D eigenvalue weighted by atomic mass is 32.1. The Balaban J connectivity index is 1.16. The Morgan fingerprint density at radius 3 is 1.82 bits per heavy atom. The molecule has 0 bridgehead atoms. The first-order valence-electron chi connectivity index (χ1n) is 19.5. The lowest BCUT2D eigenvalue weighted by Crippen LogP contribution is -2.06. The van der Waals surface area contributed by atoms with Crippen molar-refractivity contribution in [2.24, 2.45) is 0 Å². The molecule has 60 heavy (non-hydrogen) atoms. The number of hydrogen-bond donors (Lipinski definition) is 0. The Labute approximate surface area is 346 Å². The zero-order valence-corrected chi connectivity index (χ0v) is 32.5. The number of halogens is 3. The molecule has 0 saturated carbocycles. The number of alkyl halides is 3. The zero-order chi connectivity index (χ0) is 40.4. The number of aromatic nitrogens is 4. The minimum absolute atomic E-state index is 0.142. The molecule has 0 aliphatic carbocycles. The smallest absolute Gasteiger partial charge is 0.308 e. The van der Waals surface area contributed by atoms with Gasteiger partial charge in [-0.2, -0.15) is 13.2 Å². The number of thiophene rings is 1. The van der Waals surface area contributed by atoms with Gasteiger partial charge in [0, 0.05) is 47.6 Å². The van der Waals surface area contributed by atoms with E-state index in [2.05, 4.69) is 54.6 Å². The van der Waals surface area contributed by atoms with Crippen LogP contribution in [0.15, 0.2) is 188 Å². The second-order valence-electron chi connectivity index (χ2n) is 14.7. The Bertz CT molecular complexity index is 3430. The van der Waals surface area contributed by atoms with Gasteiger partial charge in [-0.25, -0.2) is 15.0 Å². The first kappa shape index (κ1) is 35.7. The molecular weight excluding hydrogens is 770 g/mol. The highest BCUT2D eigenvalue weighted by Gasteiger charge is 2.34. The molecule has 11 aromatic rings. The summed E-state index contributed by atoms with van der Waals surface area (Å²) in [6.07, 6.45) is -4.56. The Hall–Kier alpha value is -7.42. The summed E-state index contributed by atoms with van der Waals surface area (Å²) in [5, 5.41) is 3.09. The monoisotopic (exact) mass is 800 g/mol. The van der Waals surface area contributed by atoms with Gasteiger partial charge in [0.2, 0.25) is 0 Å². The van der Waals surface area contributed by atoms with Crippen molar-refractivity contribution in [2.75, 3.05) is 0 Å². The number of rotatable bonds is 6. The maximum Gasteiger partial charge on any atom is 0.417 e. The van der Waals surface area contributed by atoms with Gasteiger partial charge in [-0.1, -0.05) is 146 Å². The topological polar surface area (TPSA) is 43.6 Å². The second-order valence-corrected chi connectivity index (χ2v) is 15.7. The molecule has 0 N–H and O–H groups in total. The van der Waals surface area contributed by atoms with Gasteiger partial charge in [-0.3, -0.25) is 0 Å². The summed E-state index contributed by atoms with van der Waals surface area (Å²) in [5.41, 5.74) is 7.29. The van der Waals surface area contributed by atoms with Crippen molar-refractivity contribution in [3.63, 3.8) is 0 Å². The fraction of sp³-hybridized carbons (Fsp3) is 0.0192. The van der Waals surface area contributed by atoms with Crippen LogP contribution >= 0.6 is 11.3 Å². The van der Waals surface area contributed by atoms with E-state index in [0.717, 1.165) is 39.4 Å². The van der Waals surface area contributed by atoms with E-state index in [9.17, 15) is 13.2 Å². The fourth-order valence-corrected chi connectivity index (χ4v) is 9.61. The largest absolute Gasteiger partial charge is 0.417 e. The first-order chi connectivity index (χ1) is 29.4. The summed E-state index contributed by atoms with van der Waals surface area (Å²) in [6.45, 7) is 0. The van der Waals surface area contributed by atoms with E-state index in [0.29, 0.717) is 45.1 Å². The molecular formula is C52H31F3N4S. The molecule has 286 valence electrons. The Kier molecular flexibility index (Phi) is 8.42. The van der Waals surface area contributed by atoms with Crippen LogP contribution in [0.1, 0.15) is 5.56 Å². The summed E-state index contributed by atoms with van der Waals surface area (Å²) in [7, 11) is 0. The number of hydrogen-bond acceptors (Lipinski definition) is 4. The maximum absolute atomic E-state index is 14.7. The third-order valence-corrected chi connectivity index (χ3v) is 12.3. The van der Waals surface area contributed by atoms with Crippen molar-refractivity contribution in [2.45, 2.75) is 6.18 Å². The molecule has 11 rings (SSSR count). The molecule has 0 radical (unpaired) electrons. The summed E-state index contributed by atoms with van der Waals surface area (Å²) < 4.78 is 48.5. The van der Waals surface area contributed by atoms with E-state index in [1.807, 2.05) is 108 Å². The molecule has 0 unspecified atom stereocenters. The third-order valence-electron chi connectivity index (χ3n) is 11.1. The molecule has 0 saturated heterocycles. The van der Waals surface area contributed by atoms with Crippen LogP contribution in [0.3, 0.4) is 0 Å². The predicted octanol–water partition coefficient (Wildman–Crippen LogP) is 14.7. The molecule has 4 nitrogen and oxygen atoms in total. The minimum atomic E-state index is -4.56. The van der Waals surface area contributed by atoms with E-state index in [1.54, 1.807) is 29.5 Å². The molecule has 0 spiro atoms. The van der Waals surface area contributed by atoms with Crippen LogP contribution in [0.25, 0.3) is 104 Å². The highest BCUT2D eigenvalue weighted by molar-refractivity contribution is 7.26. The molecule has 3 aromatic heterocycles. The Morgan fingerprint density at radius 2 is 1.02 bits per heavy atom. The number of nitrogens with zero attached hydrogens (tertiary/aromatic N) is 4. The van der Waals surface area contributed by atoms with Gasteiger partial charge in [0.25, 0.3) is 0 Å². The second kappa shape index (κ2) is 14.1. The lowest BCUT2D eigenvalue weighted by atomic mass is 10.00. The van der Waals surface area contributed by atoms with Gasteiger partial charge >= 0.3 is 6.18 Å². The zero-order valence-electron chi connectivity index (χ0n) is 31.7. The van der Waals surface area contributed by atoms with Gasteiger partial charge in [0.05, 0.1) is 22.3 Å². The van der Waals surface area contributed by atoms with Crippen LogP contribution in [-0.2, 0) is 6.18 Å². The highest BCUT2D eigenvalue weighted by Crippen LogP contribution is 2.44. The SMILES string of the molecule is FC(F)(F)c1cccc2c1c1ccccc1n2-c1cc(-c2ccccc2)ccc1-c1nc(-c2ccccc2)nc(-c2cccc(-c3cccc4c3sc3ccccc34)c2)n1. The quantitative estimate of drug-likeness (QED) is 0.168. The molecule has 8 heteroatoms. The number of para-hydroxylation sites is 1. The van der Waals surface area contributed by atoms with Gasteiger partial charge in [0.1, 0.15) is 0 Å². The summed E-state index contributed by atoms with van der Waals surface area (Å²) in [5.74, 6) is 1.35. The summed E-state index contributed by atoms with van der Waals surface area (Å²) >= 11 is 1.78. The predicted molar refractivity (Wildman–Crippen MR) is 239 cm³/mol. The minimum Gasteiger partial charge on any atom is -0.308 e. The normalized spacial score (nSPS) is 11.9. The number of fused-ring (bicyclic) bond motifs is 6. The van der Waals surface area contributed by atoms with Crippen LogP contribution in [0.4, 0.5) is 13.2 Å². The molecule has 0 aliphatic heterocycles. The molecule has 0 aliphatic rings. The van der Waals surface area contributed by atoms with Crippen molar-refractivity contribution in [3.8, 4) is 62.1 Å². The van der Waals surface area contributed by atoms with Crippen LogP contribution in [0.5, 0.6) is 0 Å². The lowest BCUT2D eigenvalue weighted by molar-refractivity contribution is -0.136. The van der Waals surface area contributed by atoms with Crippen molar-refractivity contribution in [3.05, 3.63) is 194 Å². The van der Waals surface area contributed by atoms with Gasteiger partial charge in [0.15, 0.2) is 17.5 Å². The summed E-state index contributed by atoms with van der Waals surface area (Å²) in [4.78, 5) is 15.4. The van der Waals surface area contributed by atoms with Crippen molar-refractivity contribution in [1.29, 1.82) is 0 Å². The van der Waals surface area contributed by atoms with Crippen LogP contribution in [-0.4, -0.2) is 19.5 Å². The molecule has 0 fully saturated rings. The molecule has 3 heterocycles. The van der Waals surface area contributed by atoms with Crippen LogP contribution < -0.4 is 0 Å². The lowest BCUT2D eigenvalue weighted by Gasteiger charge is -2.17. The average Bonchev–Trinajstić information content (AvgIpc) is 3.85. The molecule has 0 amide bonds. The van der Waals surface area contributed by atoms with E-state index in [4.69, 9.17) is 15.0 Å². The van der Waals surface area contributed by atoms with Gasteiger partial charge in [-0.05, 0) is 64.7 Å². The van der Waals surface area contributed by atoms with E-state index in [-0.39, 0.29) is 5.39 Å². The first-order valence-corrected chi connectivity index (χ1v) is 20.3. The van der Waals surface area contributed by atoms with Crippen molar-refractivity contribution in [1.82, 2.24) is 19.5 Å². The average molecular weight is 801 g/mol. The standard InChI is InChI=1S/C52H31F3N4S/c53-52(54,55)42-24-13-26-44-47(42)40-21-7-9-25-43(40)59(44)45-31-34(32-14-3-1-4-15-32)28-29-41(45)51-57-49(33-16-5-2-6-17-33)56-50(58-51)36-19-11-18-35(30-36)37-22-12-23-39-38-20-8-10-27-46(38)60-48(37)39/h1-31H. The Morgan fingerprint density at radius 1 is 0.417 bits per heavy atom. The number of benzene rings is 8. The van der Waals surface area contributed by atoms with Crippen molar-refractivity contribution >= 4 is 53.3 Å². The van der Waals surface area contributed by atoms with Gasteiger partial charge < -0.3 is 4.57 Å². The van der Waals surface area contributed by atoms with E-state index < -0.39 is 11.7 Å². The van der Waals surface area contributed by atoms with Crippen LogP contribution in [0.2, 0.25) is 0 Å².